The molecule has 0 bridgehead atoms. The molecule has 0 spiro atoms. The van der Waals surface area contributed by atoms with E-state index < -0.39 is 17.8 Å². The van der Waals surface area contributed by atoms with E-state index in [-0.39, 0.29) is 55.8 Å². The monoisotopic (exact) mass is 517 g/mol. The Bertz CT molecular complexity index is 1100. The molecule has 1 aromatic carbocycles. The molecule has 34 heavy (non-hydrogen) atoms. The fourth-order valence-electron chi connectivity index (χ4n) is 4.85. The number of rotatable bonds is 5. The molecule has 1 N–H and O–H groups in total. The summed E-state index contributed by atoms with van der Waals surface area (Å²) in [7, 11) is 0. The molecule has 6 nitrogen and oxygen atoms in total. The lowest BCUT2D eigenvalue weighted by Gasteiger charge is -2.31. The van der Waals surface area contributed by atoms with E-state index in [9.17, 15) is 22.8 Å². The van der Waals surface area contributed by atoms with Gasteiger partial charge in [-0.2, -0.15) is 18.3 Å². The van der Waals surface area contributed by atoms with Gasteiger partial charge in [0.1, 0.15) is 0 Å². The van der Waals surface area contributed by atoms with Gasteiger partial charge in [-0.15, -0.1) is 0 Å². The van der Waals surface area contributed by atoms with E-state index in [0.29, 0.717) is 47.0 Å². The van der Waals surface area contributed by atoms with Gasteiger partial charge in [0.05, 0.1) is 24.7 Å². The van der Waals surface area contributed by atoms with E-state index in [2.05, 4.69) is 5.10 Å². The minimum atomic E-state index is -4.60. The van der Waals surface area contributed by atoms with Crippen molar-refractivity contribution in [1.29, 1.82) is 0 Å². The van der Waals surface area contributed by atoms with Crippen LogP contribution in [0.4, 0.5) is 13.2 Å². The summed E-state index contributed by atoms with van der Waals surface area (Å²) in [6, 6.07) is 4.78. The number of aliphatic carboxylic acids is 1. The lowest BCUT2D eigenvalue weighted by atomic mass is 9.80. The second kappa shape index (κ2) is 9.77. The molecule has 2 aliphatic rings. The van der Waals surface area contributed by atoms with Gasteiger partial charge >= 0.3 is 12.1 Å². The molecule has 0 atom stereocenters. The van der Waals surface area contributed by atoms with E-state index >= 15 is 0 Å². The van der Waals surface area contributed by atoms with Crippen molar-refractivity contribution < 1.29 is 27.9 Å². The van der Waals surface area contributed by atoms with Gasteiger partial charge in [-0.05, 0) is 55.7 Å². The third kappa shape index (κ3) is 5.35. The van der Waals surface area contributed by atoms with E-state index in [4.69, 9.17) is 28.3 Å². The molecule has 184 valence electrons. The third-order valence-electron chi connectivity index (χ3n) is 6.75. The van der Waals surface area contributed by atoms with Crippen LogP contribution >= 0.6 is 23.2 Å². The molecular weight excluding hydrogens is 494 g/mol. The molecule has 1 amide bonds. The average molecular weight is 518 g/mol. The van der Waals surface area contributed by atoms with Gasteiger partial charge in [0.2, 0.25) is 5.91 Å². The molecule has 0 saturated heterocycles. The predicted octanol–water partition coefficient (Wildman–Crippen LogP) is 5.42. The van der Waals surface area contributed by atoms with E-state index in [1.165, 1.54) is 10.7 Å². The smallest absolute Gasteiger partial charge is 0.435 e. The second-order valence-electron chi connectivity index (χ2n) is 8.99. The Morgan fingerprint density at radius 1 is 1.15 bits per heavy atom. The van der Waals surface area contributed by atoms with Crippen molar-refractivity contribution in [3.63, 3.8) is 0 Å². The maximum Gasteiger partial charge on any atom is 0.435 e. The molecule has 0 unspecified atom stereocenters. The van der Waals surface area contributed by atoms with Gasteiger partial charge in [-0.25, -0.2) is 0 Å². The number of halogens is 5. The number of alkyl halides is 3. The quantitative estimate of drug-likeness (QED) is 0.574. The average Bonchev–Trinajstić information content (AvgIpc) is 3.14. The van der Waals surface area contributed by atoms with Crippen molar-refractivity contribution in [3.05, 3.63) is 50.8 Å². The number of carbonyl (C=O) groups excluding carboxylic acids is 1. The number of benzene rings is 1. The first-order chi connectivity index (χ1) is 16.0. The summed E-state index contributed by atoms with van der Waals surface area (Å²) in [5, 5.41) is 13.8. The highest BCUT2D eigenvalue weighted by Crippen LogP contribution is 2.37. The highest BCUT2D eigenvalue weighted by molar-refractivity contribution is 6.35. The summed E-state index contributed by atoms with van der Waals surface area (Å²) in [6.45, 7) is 0.245. The van der Waals surface area contributed by atoms with Gasteiger partial charge < -0.3 is 10.0 Å². The van der Waals surface area contributed by atoms with Crippen molar-refractivity contribution >= 4 is 35.1 Å². The first kappa shape index (κ1) is 24.9. The second-order valence-corrected chi connectivity index (χ2v) is 9.83. The molecule has 11 heteroatoms. The van der Waals surface area contributed by atoms with Gasteiger partial charge in [-0.1, -0.05) is 29.3 Å². The fraction of sp³-hybridized carbons (Fsp3) is 0.522. The molecule has 1 saturated carbocycles. The van der Waals surface area contributed by atoms with E-state index in [1.54, 1.807) is 17.0 Å². The van der Waals surface area contributed by atoms with Crippen LogP contribution in [0, 0.1) is 11.8 Å². The molecule has 4 rings (SSSR count). The van der Waals surface area contributed by atoms with Crippen LogP contribution in [0.1, 0.15) is 54.6 Å². The van der Waals surface area contributed by atoms with Crippen LogP contribution in [0.5, 0.6) is 0 Å². The van der Waals surface area contributed by atoms with Crippen molar-refractivity contribution in [3.8, 4) is 0 Å². The zero-order valence-electron chi connectivity index (χ0n) is 18.2. The largest absolute Gasteiger partial charge is 0.481 e. The molecule has 1 aliphatic heterocycles. The summed E-state index contributed by atoms with van der Waals surface area (Å²) in [4.78, 5) is 25.7. The fourth-order valence-corrected chi connectivity index (χ4v) is 5.32. The van der Waals surface area contributed by atoms with Crippen molar-refractivity contribution in [2.24, 2.45) is 11.8 Å². The molecule has 2 aromatic rings. The number of carboxylic acids is 1. The zero-order valence-corrected chi connectivity index (χ0v) is 19.8. The Morgan fingerprint density at radius 2 is 1.85 bits per heavy atom. The summed E-state index contributed by atoms with van der Waals surface area (Å²) < 4.78 is 42.3. The van der Waals surface area contributed by atoms with Crippen molar-refractivity contribution in [2.45, 2.75) is 57.8 Å². The number of fused-ring (bicyclic) bond motifs is 1. The van der Waals surface area contributed by atoms with Gasteiger partial charge in [0.15, 0.2) is 5.69 Å². The van der Waals surface area contributed by atoms with Crippen LogP contribution in [0.2, 0.25) is 10.0 Å². The maximum atomic E-state index is 13.7. The Balaban J connectivity index is 1.52. The van der Waals surface area contributed by atoms with Crippen LogP contribution in [0.15, 0.2) is 18.2 Å². The minimum Gasteiger partial charge on any atom is -0.481 e. The standard InChI is InChI=1S/C23H24Cl2F3N3O3/c24-16-6-5-15(18(25)10-16)11-31-19-12-30(8-7-17(19)21(29-31)23(26,27)28)20(32)9-13-1-3-14(4-2-13)22(33)34/h5-6,10,13-14H,1-4,7-9,11-12H2,(H,33,34)/t13-,14+. The number of carbonyl (C=O) groups is 2. The number of amides is 1. The minimum absolute atomic E-state index is 0.0235. The van der Waals surface area contributed by atoms with Crippen LogP contribution in [-0.2, 0) is 35.3 Å². The highest BCUT2D eigenvalue weighted by atomic mass is 35.5. The van der Waals surface area contributed by atoms with Crippen molar-refractivity contribution in [1.82, 2.24) is 14.7 Å². The molecule has 1 aromatic heterocycles. The van der Waals surface area contributed by atoms with Crippen LogP contribution in [-0.4, -0.2) is 38.2 Å². The molecular formula is C23H24Cl2F3N3O3. The lowest BCUT2D eigenvalue weighted by Crippen LogP contribution is -2.38. The Labute approximate surface area is 204 Å². The first-order valence-corrected chi connectivity index (χ1v) is 11.9. The maximum absolute atomic E-state index is 13.7. The summed E-state index contributed by atoms with van der Waals surface area (Å²) >= 11 is 12.2. The summed E-state index contributed by atoms with van der Waals surface area (Å²) in [5.74, 6) is -1.20. The zero-order chi connectivity index (χ0) is 24.6. The van der Waals surface area contributed by atoms with E-state index in [1.807, 2.05) is 0 Å². The van der Waals surface area contributed by atoms with Gasteiger partial charge in [0, 0.05) is 28.6 Å². The predicted molar refractivity (Wildman–Crippen MR) is 120 cm³/mol. The number of hydrogen-bond donors (Lipinski definition) is 1. The van der Waals surface area contributed by atoms with Gasteiger partial charge in [0.25, 0.3) is 0 Å². The van der Waals surface area contributed by atoms with E-state index in [0.717, 1.165) is 0 Å². The Kier molecular flexibility index (Phi) is 7.14. The van der Waals surface area contributed by atoms with Crippen LogP contribution in [0.25, 0.3) is 0 Å². The molecule has 1 fully saturated rings. The molecule has 2 heterocycles. The molecule has 1 aliphatic carbocycles. The normalized spacial score (nSPS) is 20.8. The lowest BCUT2D eigenvalue weighted by molar-refractivity contribution is -0.143. The number of aromatic nitrogens is 2. The van der Waals surface area contributed by atoms with Crippen molar-refractivity contribution in [2.75, 3.05) is 6.54 Å². The topological polar surface area (TPSA) is 75.4 Å². The van der Waals surface area contributed by atoms with Gasteiger partial charge in [-0.3, -0.25) is 14.3 Å². The summed E-state index contributed by atoms with van der Waals surface area (Å²) in [5.41, 5.74) is 0.117. The third-order valence-corrected chi connectivity index (χ3v) is 7.34. The first-order valence-electron chi connectivity index (χ1n) is 11.1. The Morgan fingerprint density at radius 3 is 2.47 bits per heavy atom. The Hall–Kier alpha value is -2.26. The molecule has 0 radical (unpaired) electrons. The van der Waals surface area contributed by atoms with Crippen LogP contribution < -0.4 is 0 Å². The number of carboxylic acid groups (broad SMARTS) is 1. The summed E-state index contributed by atoms with van der Waals surface area (Å²) in [6.07, 6.45) is -1.86. The number of nitrogens with zero attached hydrogens (tertiary/aromatic N) is 3. The SMILES string of the molecule is O=C(C[C@H]1CC[C@@H](C(=O)O)CC1)N1CCc2c(C(F)(F)F)nn(Cc3ccc(Cl)cc3Cl)c2C1. The number of hydrogen-bond acceptors (Lipinski definition) is 3. The highest BCUT2D eigenvalue weighted by Gasteiger charge is 2.41. The van der Waals surface area contributed by atoms with Crippen LogP contribution in [0.3, 0.4) is 0 Å².